The molecular formula is C21H16ClN5OS. The van der Waals surface area contributed by atoms with Crippen molar-refractivity contribution in [2.75, 3.05) is 0 Å². The average molecular weight is 422 g/mol. The minimum atomic E-state index is -0.272. The third-order valence-corrected chi connectivity index (χ3v) is 5.46. The van der Waals surface area contributed by atoms with E-state index in [2.05, 4.69) is 20.5 Å². The van der Waals surface area contributed by atoms with Gasteiger partial charge in [-0.25, -0.2) is 4.98 Å². The van der Waals surface area contributed by atoms with Crippen molar-refractivity contribution >= 4 is 40.0 Å². The molecule has 2 aromatic carbocycles. The molecule has 0 saturated heterocycles. The largest absolute Gasteiger partial charge is 0.346 e. The third-order valence-electron chi connectivity index (χ3n) is 4.11. The predicted octanol–water partition coefficient (Wildman–Crippen LogP) is 4.39. The summed E-state index contributed by atoms with van der Waals surface area (Å²) in [6.45, 7) is 0.432. The predicted molar refractivity (Wildman–Crippen MR) is 115 cm³/mol. The fourth-order valence-electron chi connectivity index (χ4n) is 2.63. The fraction of sp³-hybridized carbons (Fsp3) is 0.0476. The highest BCUT2D eigenvalue weighted by Crippen LogP contribution is 2.25. The Morgan fingerprint density at radius 3 is 2.55 bits per heavy atom. The third kappa shape index (κ3) is 4.77. The molecule has 2 heterocycles. The molecule has 2 aromatic heterocycles. The number of hydrogen-bond acceptors (Lipinski definition) is 5. The molecule has 29 heavy (non-hydrogen) atoms. The molecule has 1 amide bonds. The van der Waals surface area contributed by atoms with Gasteiger partial charge in [-0.15, -0.1) is 10.2 Å². The van der Waals surface area contributed by atoms with Crippen molar-refractivity contribution in [1.29, 1.82) is 0 Å². The Hall–Kier alpha value is -3.29. The van der Waals surface area contributed by atoms with E-state index in [4.69, 9.17) is 11.6 Å². The molecule has 0 bridgehead atoms. The van der Waals surface area contributed by atoms with Crippen molar-refractivity contribution in [2.24, 2.45) is 0 Å². The number of carbonyl (C=O) groups excluding carboxylic acids is 1. The number of benzene rings is 2. The molecule has 0 fully saturated rings. The molecule has 0 unspecified atom stereocenters. The molecule has 6 nitrogen and oxygen atoms in total. The van der Waals surface area contributed by atoms with Crippen molar-refractivity contribution in [1.82, 2.24) is 25.1 Å². The topological polar surface area (TPSA) is 72.7 Å². The average Bonchev–Trinajstić information content (AvgIpc) is 3.46. The molecule has 0 spiro atoms. The zero-order valence-electron chi connectivity index (χ0n) is 15.2. The summed E-state index contributed by atoms with van der Waals surface area (Å²) in [6, 6.07) is 17.5. The van der Waals surface area contributed by atoms with Crippen molar-refractivity contribution in [2.45, 2.75) is 6.54 Å². The van der Waals surface area contributed by atoms with Crippen LogP contribution in [0.4, 0.5) is 0 Å². The molecule has 0 radical (unpaired) electrons. The van der Waals surface area contributed by atoms with Crippen LogP contribution in [0.5, 0.6) is 0 Å². The SMILES string of the molecule is O=C(NCc1ccccc1)c1nnc(C(Cl)=Cc2ccc(-n3ccnc3)cc2)s1. The van der Waals surface area contributed by atoms with Gasteiger partial charge in [0.25, 0.3) is 5.91 Å². The van der Waals surface area contributed by atoms with Crippen molar-refractivity contribution < 1.29 is 4.79 Å². The number of aromatic nitrogens is 4. The number of halogens is 1. The molecule has 0 aliphatic carbocycles. The fourth-order valence-corrected chi connectivity index (χ4v) is 3.58. The summed E-state index contributed by atoms with van der Waals surface area (Å²) in [5.74, 6) is -0.272. The summed E-state index contributed by atoms with van der Waals surface area (Å²) in [4.78, 5) is 16.3. The summed E-state index contributed by atoms with van der Waals surface area (Å²) in [5.41, 5.74) is 2.94. The first-order valence-corrected chi connectivity index (χ1v) is 10.00. The van der Waals surface area contributed by atoms with E-state index in [9.17, 15) is 4.79 Å². The van der Waals surface area contributed by atoms with Gasteiger partial charge in [-0.2, -0.15) is 0 Å². The number of nitrogens with one attached hydrogen (secondary N) is 1. The van der Waals surface area contributed by atoms with Crippen LogP contribution in [0.15, 0.2) is 73.3 Å². The highest BCUT2D eigenvalue weighted by molar-refractivity contribution is 7.15. The van der Waals surface area contributed by atoms with Gasteiger partial charge in [-0.05, 0) is 29.3 Å². The van der Waals surface area contributed by atoms with Crippen molar-refractivity contribution in [3.63, 3.8) is 0 Å². The van der Waals surface area contributed by atoms with Gasteiger partial charge in [0.1, 0.15) is 0 Å². The standard InChI is InChI=1S/C21H16ClN5OS/c22-18(12-15-6-8-17(9-7-15)27-11-10-23-14-27)20-25-26-21(29-20)19(28)24-13-16-4-2-1-3-5-16/h1-12,14H,13H2,(H,24,28). The van der Waals surface area contributed by atoms with Crippen LogP contribution in [-0.2, 0) is 6.54 Å². The van der Waals surface area contributed by atoms with Crippen LogP contribution in [0, 0.1) is 0 Å². The van der Waals surface area contributed by atoms with Gasteiger partial charge in [-0.1, -0.05) is 65.4 Å². The van der Waals surface area contributed by atoms with E-state index in [1.165, 1.54) is 0 Å². The number of amides is 1. The Morgan fingerprint density at radius 2 is 1.83 bits per heavy atom. The van der Waals surface area contributed by atoms with E-state index in [0.717, 1.165) is 28.2 Å². The molecule has 144 valence electrons. The van der Waals surface area contributed by atoms with Crippen LogP contribution in [0.3, 0.4) is 0 Å². The zero-order valence-corrected chi connectivity index (χ0v) is 16.8. The molecule has 0 atom stereocenters. The number of rotatable bonds is 6. The van der Waals surface area contributed by atoms with E-state index in [1.54, 1.807) is 18.6 Å². The first-order chi connectivity index (χ1) is 14.2. The van der Waals surface area contributed by atoms with Gasteiger partial charge in [0.2, 0.25) is 5.01 Å². The Bertz CT molecular complexity index is 1120. The van der Waals surface area contributed by atoms with Gasteiger partial charge in [0, 0.05) is 24.6 Å². The molecule has 4 aromatic rings. The van der Waals surface area contributed by atoms with Gasteiger partial charge < -0.3 is 9.88 Å². The van der Waals surface area contributed by atoms with E-state index in [0.29, 0.717) is 16.6 Å². The smallest absolute Gasteiger partial charge is 0.282 e. The maximum absolute atomic E-state index is 12.3. The van der Waals surface area contributed by atoms with Crippen LogP contribution in [0.1, 0.15) is 25.9 Å². The lowest BCUT2D eigenvalue weighted by molar-refractivity contribution is 0.0950. The summed E-state index contributed by atoms with van der Waals surface area (Å²) >= 11 is 7.55. The molecular weight excluding hydrogens is 406 g/mol. The maximum Gasteiger partial charge on any atom is 0.282 e. The normalized spacial score (nSPS) is 11.4. The van der Waals surface area contributed by atoms with Crippen LogP contribution < -0.4 is 5.32 Å². The number of nitrogens with zero attached hydrogens (tertiary/aromatic N) is 4. The van der Waals surface area contributed by atoms with Crippen molar-refractivity contribution in [3.05, 3.63) is 94.5 Å². The second-order valence-corrected chi connectivity index (χ2v) is 7.52. The van der Waals surface area contributed by atoms with Gasteiger partial charge >= 0.3 is 0 Å². The van der Waals surface area contributed by atoms with Crippen molar-refractivity contribution in [3.8, 4) is 5.69 Å². The lowest BCUT2D eigenvalue weighted by atomic mass is 10.2. The zero-order chi connectivity index (χ0) is 20.1. The highest BCUT2D eigenvalue weighted by Gasteiger charge is 2.14. The Labute approximate surface area is 176 Å². The lowest BCUT2D eigenvalue weighted by Crippen LogP contribution is -2.22. The molecule has 1 N–H and O–H groups in total. The van der Waals surface area contributed by atoms with Crippen LogP contribution in [0.2, 0.25) is 0 Å². The van der Waals surface area contributed by atoms with Gasteiger partial charge in [0.05, 0.1) is 11.4 Å². The van der Waals surface area contributed by atoms with Crippen LogP contribution >= 0.6 is 22.9 Å². The second kappa shape index (κ2) is 8.81. The maximum atomic E-state index is 12.3. The summed E-state index contributed by atoms with van der Waals surface area (Å²) < 4.78 is 1.92. The molecule has 0 aliphatic rings. The number of hydrogen-bond donors (Lipinski definition) is 1. The lowest BCUT2D eigenvalue weighted by Gasteiger charge is -2.02. The van der Waals surface area contributed by atoms with Crippen LogP contribution in [0.25, 0.3) is 16.8 Å². The van der Waals surface area contributed by atoms with Gasteiger partial charge in [-0.3, -0.25) is 4.79 Å². The van der Waals surface area contributed by atoms with E-state index < -0.39 is 0 Å². The summed E-state index contributed by atoms with van der Waals surface area (Å²) in [5, 5.41) is 12.0. The Balaban J connectivity index is 1.42. The molecule has 8 heteroatoms. The summed E-state index contributed by atoms with van der Waals surface area (Å²) in [6.07, 6.45) is 7.14. The molecule has 0 aliphatic heterocycles. The first-order valence-electron chi connectivity index (χ1n) is 8.80. The first kappa shape index (κ1) is 19.0. The van der Waals surface area contributed by atoms with Crippen LogP contribution in [-0.4, -0.2) is 25.7 Å². The molecule has 0 saturated carbocycles. The van der Waals surface area contributed by atoms with E-state index >= 15 is 0 Å². The minimum absolute atomic E-state index is 0.272. The second-order valence-electron chi connectivity index (χ2n) is 6.13. The van der Waals surface area contributed by atoms with Gasteiger partial charge in [0.15, 0.2) is 5.01 Å². The quantitative estimate of drug-likeness (QED) is 0.501. The van der Waals surface area contributed by atoms with E-state index in [-0.39, 0.29) is 10.9 Å². The van der Waals surface area contributed by atoms with E-state index in [1.807, 2.05) is 65.4 Å². The monoisotopic (exact) mass is 421 g/mol. The molecule has 4 rings (SSSR count). The Morgan fingerprint density at radius 1 is 1.07 bits per heavy atom. The summed E-state index contributed by atoms with van der Waals surface area (Å²) in [7, 11) is 0. The minimum Gasteiger partial charge on any atom is -0.346 e. The number of carbonyl (C=O) groups is 1. The number of imidazole rings is 1. The highest BCUT2D eigenvalue weighted by atomic mass is 35.5. The Kier molecular flexibility index (Phi) is 5.79.